The Morgan fingerprint density at radius 1 is 1.31 bits per heavy atom. The summed E-state index contributed by atoms with van der Waals surface area (Å²) in [5.74, 6) is 0. The van der Waals surface area contributed by atoms with Crippen LogP contribution in [-0.2, 0) is 0 Å². The van der Waals surface area contributed by atoms with Crippen LogP contribution in [0.2, 0.25) is 0 Å². The maximum Gasteiger partial charge on any atom is 0.0918 e. The molecular weight excluding hydrogens is 182 g/mol. The zero-order chi connectivity index (χ0) is 9.84. The fraction of sp³-hybridized carbons (Fsp3) is 0.889. The first kappa shape index (κ1) is 10.9. The molecule has 1 rings (SSSR count). The smallest absolute Gasteiger partial charge is 0.0918 e. The molecule has 1 fully saturated rings. The number of thiocarbonyl (C=S) groups is 1. The van der Waals surface area contributed by atoms with Gasteiger partial charge in [0.05, 0.1) is 4.99 Å². The first-order valence-electron chi connectivity index (χ1n) is 4.87. The molecule has 1 aliphatic heterocycles. The monoisotopic (exact) mass is 201 g/mol. The predicted molar refractivity (Wildman–Crippen MR) is 59.9 cm³/mol. The van der Waals surface area contributed by atoms with Crippen molar-refractivity contribution in [2.45, 2.75) is 19.9 Å². The van der Waals surface area contributed by atoms with Gasteiger partial charge in [-0.05, 0) is 13.8 Å². The van der Waals surface area contributed by atoms with Crippen molar-refractivity contribution in [1.82, 2.24) is 9.80 Å². The largest absolute Gasteiger partial charge is 0.363 e. The molecule has 2 N–H and O–H groups in total. The number of piperazine rings is 1. The van der Waals surface area contributed by atoms with Crippen LogP contribution in [-0.4, -0.2) is 53.6 Å². The molecule has 0 bridgehead atoms. The molecule has 0 radical (unpaired) electrons. The van der Waals surface area contributed by atoms with Gasteiger partial charge in [0.15, 0.2) is 0 Å². The second-order valence-electron chi connectivity index (χ2n) is 3.71. The highest BCUT2D eigenvalue weighted by atomic mass is 32.1. The second kappa shape index (κ2) is 4.88. The summed E-state index contributed by atoms with van der Waals surface area (Å²) in [6.45, 7) is 9.27. The van der Waals surface area contributed by atoms with Gasteiger partial charge >= 0.3 is 0 Å². The number of rotatable bonds is 2. The average molecular weight is 201 g/mol. The summed E-state index contributed by atoms with van der Waals surface area (Å²) < 4.78 is 0. The Balaban J connectivity index is 2.34. The molecule has 0 amide bonds. The molecule has 13 heavy (non-hydrogen) atoms. The van der Waals surface area contributed by atoms with Crippen LogP contribution in [0.1, 0.15) is 13.8 Å². The molecule has 1 aliphatic rings. The van der Waals surface area contributed by atoms with E-state index in [1.807, 2.05) is 0 Å². The van der Waals surface area contributed by atoms with Crippen LogP contribution in [0.5, 0.6) is 0 Å². The van der Waals surface area contributed by atoms with E-state index in [2.05, 4.69) is 23.6 Å². The van der Waals surface area contributed by atoms with Crippen LogP contribution in [0.25, 0.3) is 0 Å². The van der Waals surface area contributed by atoms with E-state index in [1.54, 1.807) is 0 Å². The number of hydrogen-bond acceptors (Lipinski definition) is 3. The van der Waals surface area contributed by atoms with Gasteiger partial charge in [0, 0.05) is 38.8 Å². The lowest BCUT2D eigenvalue weighted by molar-refractivity contribution is 0.149. The van der Waals surface area contributed by atoms with Gasteiger partial charge in [-0.2, -0.15) is 0 Å². The Hall–Kier alpha value is -0.190. The van der Waals surface area contributed by atoms with E-state index in [-0.39, 0.29) is 0 Å². The Labute approximate surface area is 85.9 Å². The van der Waals surface area contributed by atoms with Crippen LogP contribution in [0.15, 0.2) is 0 Å². The van der Waals surface area contributed by atoms with Crippen LogP contribution < -0.4 is 5.73 Å². The van der Waals surface area contributed by atoms with Crippen molar-refractivity contribution in [3.63, 3.8) is 0 Å². The van der Waals surface area contributed by atoms with Gasteiger partial charge < -0.3 is 10.6 Å². The molecule has 1 saturated heterocycles. The van der Waals surface area contributed by atoms with Gasteiger partial charge in [0.25, 0.3) is 0 Å². The van der Waals surface area contributed by atoms with E-state index < -0.39 is 0 Å². The van der Waals surface area contributed by atoms with Crippen LogP contribution in [0.3, 0.4) is 0 Å². The van der Waals surface area contributed by atoms with Gasteiger partial charge in [-0.3, -0.25) is 4.90 Å². The summed E-state index contributed by atoms with van der Waals surface area (Å²) in [6.07, 6.45) is 0. The third-order valence-electron chi connectivity index (χ3n) is 2.57. The average Bonchev–Trinajstić information content (AvgIpc) is 2.17. The van der Waals surface area contributed by atoms with E-state index in [0.717, 1.165) is 31.2 Å². The molecule has 0 spiro atoms. The molecule has 0 aromatic carbocycles. The fourth-order valence-electron chi connectivity index (χ4n) is 1.62. The topological polar surface area (TPSA) is 32.5 Å². The Morgan fingerprint density at radius 2 is 1.85 bits per heavy atom. The minimum Gasteiger partial charge on any atom is -0.363 e. The zero-order valence-electron chi connectivity index (χ0n) is 8.49. The molecule has 1 heterocycles. The summed E-state index contributed by atoms with van der Waals surface area (Å²) in [6, 6.07) is 0.647. The van der Waals surface area contributed by atoms with Crippen molar-refractivity contribution < 1.29 is 0 Å². The minimum atomic E-state index is 0.511. The first-order chi connectivity index (χ1) is 6.15. The van der Waals surface area contributed by atoms with E-state index in [4.69, 9.17) is 18.0 Å². The van der Waals surface area contributed by atoms with Crippen LogP contribution in [0.4, 0.5) is 0 Å². The lowest BCUT2D eigenvalue weighted by Crippen LogP contribution is -2.51. The molecule has 0 saturated carbocycles. The van der Waals surface area contributed by atoms with E-state index in [0.29, 0.717) is 12.6 Å². The van der Waals surface area contributed by atoms with Crippen molar-refractivity contribution in [3.05, 3.63) is 0 Å². The van der Waals surface area contributed by atoms with E-state index in [1.165, 1.54) is 0 Å². The zero-order valence-corrected chi connectivity index (χ0v) is 9.31. The fourth-order valence-corrected chi connectivity index (χ4v) is 1.80. The maximum absolute atomic E-state index is 5.50. The highest BCUT2D eigenvalue weighted by Gasteiger charge is 2.19. The lowest BCUT2D eigenvalue weighted by Gasteiger charge is -2.37. The molecule has 0 aromatic rings. The molecule has 0 unspecified atom stereocenters. The van der Waals surface area contributed by atoms with Gasteiger partial charge in [-0.15, -0.1) is 0 Å². The Bertz CT molecular complexity index is 174. The number of nitrogens with two attached hydrogens (primary N) is 1. The summed E-state index contributed by atoms with van der Waals surface area (Å²) >= 11 is 5.16. The third-order valence-corrected chi connectivity index (χ3v) is 3.00. The summed E-state index contributed by atoms with van der Waals surface area (Å²) in [5.41, 5.74) is 5.50. The van der Waals surface area contributed by atoms with Crippen LogP contribution >= 0.6 is 12.2 Å². The normalized spacial score (nSPS) is 19.5. The standard InChI is InChI=1S/C9H19N3S/c1-8(2)11-3-5-12(6-4-11)9(13)7-10/h8H,3-7,10H2,1-2H3. The number of nitrogens with zero attached hydrogens (tertiary/aromatic N) is 2. The lowest BCUT2D eigenvalue weighted by atomic mass is 10.2. The summed E-state index contributed by atoms with van der Waals surface area (Å²) in [4.78, 5) is 5.59. The molecular formula is C9H19N3S. The Kier molecular flexibility index (Phi) is 4.09. The van der Waals surface area contributed by atoms with Crippen LogP contribution in [0, 0.1) is 0 Å². The quantitative estimate of drug-likeness (QED) is 0.651. The van der Waals surface area contributed by atoms with Crippen molar-refractivity contribution in [3.8, 4) is 0 Å². The SMILES string of the molecule is CC(C)N1CCN(C(=S)CN)CC1. The predicted octanol–water partition coefficient (Wildman–Crippen LogP) is 0.298. The van der Waals surface area contributed by atoms with E-state index in [9.17, 15) is 0 Å². The highest BCUT2D eigenvalue weighted by Crippen LogP contribution is 2.05. The van der Waals surface area contributed by atoms with Crippen molar-refractivity contribution >= 4 is 17.2 Å². The van der Waals surface area contributed by atoms with Gasteiger partial charge in [-0.25, -0.2) is 0 Å². The molecule has 76 valence electrons. The minimum absolute atomic E-state index is 0.511. The molecule has 4 heteroatoms. The van der Waals surface area contributed by atoms with E-state index >= 15 is 0 Å². The van der Waals surface area contributed by atoms with Crippen molar-refractivity contribution in [1.29, 1.82) is 0 Å². The van der Waals surface area contributed by atoms with Gasteiger partial charge in [0.1, 0.15) is 0 Å². The summed E-state index contributed by atoms with van der Waals surface area (Å²) in [5, 5.41) is 0. The second-order valence-corrected chi connectivity index (χ2v) is 4.19. The number of hydrogen-bond donors (Lipinski definition) is 1. The van der Waals surface area contributed by atoms with Crippen molar-refractivity contribution in [2.24, 2.45) is 5.73 Å². The maximum atomic E-state index is 5.50. The third kappa shape index (κ3) is 2.90. The molecule has 3 nitrogen and oxygen atoms in total. The highest BCUT2D eigenvalue weighted by molar-refractivity contribution is 7.80. The summed E-state index contributed by atoms with van der Waals surface area (Å²) in [7, 11) is 0. The van der Waals surface area contributed by atoms with Gasteiger partial charge in [0.2, 0.25) is 0 Å². The molecule has 0 aliphatic carbocycles. The van der Waals surface area contributed by atoms with Gasteiger partial charge in [-0.1, -0.05) is 12.2 Å². The molecule has 0 aromatic heterocycles. The molecule has 0 atom stereocenters. The van der Waals surface area contributed by atoms with Crippen molar-refractivity contribution in [2.75, 3.05) is 32.7 Å². The Morgan fingerprint density at radius 3 is 2.23 bits per heavy atom. The first-order valence-corrected chi connectivity index (χ1v) is 5.28.